The lowest BCUT2D eigenvalue weighted by atomic mass is 10.2. The van der Waals surface area contributed by atoms with E-state index in [1.54, 1.807) is 0 Å². The van der Waals surface area contributed by atoms with Crippen molar-refractivity contribution in [3.8, 4) is 0 Å². The zero-order valence-electron chi connectivity index (χ0n) is 41.4. The summed E-state index contributed by atoms with van der Waals surface area (Å²) in [6, 6.07) is 0. The summed E-state index contributed by atoms with van der Waals surface area (Å²) in [4.78, 5) is 0. The second-order valence-corrected chi connectivity index (χ2v) is 23.6. The van der Waals surface area contributed by atoms with E-state index in [2.05, 4.69) is 52.4 Å². The summed E-state index contributed by atoms with van der Waals surface area (Å²) in [7, 11) is 0. The highest BCUT2D eigenvalue weighted by atomic mass is 32.2. The maximum absolute atomic E-state index is 5.19. The van der Waals surface area contributed by atoms with Gasteiger partial charge in [-0.3, -0.25) is 0 Å². The molecule has 0 aromatic heterocycles. The Bertz CT molecular complexity index is 433. The Morgan fingerprint density at radius 1 is 0.175 bits per heavy atom. The van der Waals surface area contributed by atoms with Crippen LogP contribution in [0.5, 0.6) is 0 Å². The molecule has 9 rings (SSSR count). The van der Waals surface area contributed by atoms with Crippen molar-refractivity contribution >= 4 is 58.8 Å². The van der Waals surface area contributed by atoms with E-state index in [1.807, 2.05) is 11.8 Å². The molecule has 0 aromatic carbocycles. The van der Waals surface area contributed by atoms with Crippen LogP contribution in [0.25, 0.3) is 0 Å². The van der Waals surface area contributed by atoms with Crippen molar-refractivity contribution in [3.05, 3.63) is 0 Å². The van der Waals surface area contributed by atoms with Gasteiger partial charge in [-0.05, 0) is 137 Å². The van der Waals surface area contributed by atoms with Crippen molar-refractivity contribution in [2.24, 2.45) is 0 Å². The summed E-state index contributed by atoms with van der Waals surface area (Å²) < 4.78 is 25.7. The fourth-order valence-corrected chi connectivity index (χ4v) is 12.5. The Hall–Kier alpha value is 1.51. The minimum absolute atomic E-state index is 0.778. The first-order valence-electron chi connectivity index (χ1n) is 27.0. The zero-order chi connectivity index (χ0) is 44.5. The third-order valence-corrected chi connectivity index (χ3v) is 17.1. The predicted octanol–water partition coefficient (Wildman–Crippen LogP) is 15.0. The van der Waals surface area contributed by atoms with Crippen molar-refractivity contribution in [2.75, 3.05) is 137 Å². The van der Waals surface area contributed by atoms with Crippen LogP contribution < -0.4 is 5.32 Å². The number of hydrogen-bond acceptors (Lipinski definition) is 11. The highest BCUT2D eigenvalue weighted by Crippen LogP contribution is 2.17. The van der Waals surface area contributed by atoms with Gasteiger partial charge in [0.25, 0.3) is 0 Å². The van der Waals surface area contributed by atoms with Gasteiger partial charge < -0.3 is 29.0 Å². The van der Waals surface area contributed by atoms with E-state index in [-0.39, 0.29) is 0 Å². The minimum Gasteiger partial charge on any atom is -0.381 e. The molecule has 0 spiro atoms. The lowest BCUT2D eigenvalue weighted by Crippen LogP contribution is -2.12. The number of nitrogens with one attached hydrogen (secondary N) is 1. The minimum atomic E-state index is 0.778. The van der Waals surface area contributed by atoms with Gasteiger partial charge in [-0.15, -0.1) is 0 Å². The summed E-state index contributed by atoms with van der Waals surface area (Å²) in [5.41, 5.74) is 0. The maximum Gasteiger partial charge on any atom is 0.0700 e. The molecule has 0 aromatic rings. The van der Waals surface area contributed by atoms with Gasteiger partial charge in [0, 0.05) is 63.5 Å². The van der Waals surface area contributed by atoms with Crippen LogP contribution in [0.1, 0.15) is 193 Å². The lowest BCUT2D eigenvalue weighted by Gasteiger charge is -1.91. The number of hydrogen-bond donors (Lipinski definition) is 1. The van der Waals surface area contributed by atoms with Gasteiger partial charge in [0.2, 0.25) is 0 Å². The topological polar surface area (TPSA) is 58.2 Å². The molecular weight excluding hydrogens is 879 g/mol. The Labute approximate surface area is 414 Å². The van der Waals surface area contributed by atoms with Gasteiger partial charge in [0.15, 0.2) is 0 Å². The van der Waals surface area contributed by atoms with E-state index in [4.69, 9.17) is 23.7 Å². The molecule has 11 heteroatoms. The van der Waals surface area contributed by atoms with Crippen LogP contribution in [-0.2, 0) is 23.7 Å². The fraction of sp³-hybridized carbons (Fsp3) is 1.00. The van der Waals surface area contributed by atoms with Gasteiger partial charge in [0.05, 0.1) is 19.8 Å². The normalized spacial score (nSPS) is 24.0. The highest BCUT2D eigenvalue weighted by Gasteiger charge is 2.00. The summed E-state index contributed by atoms with van der Waals surface area (Å²) in [5.74, 6) is 13.7. The molecule has 378 valence electrons. The average molecular weight is 985 g/mol. The fourth-order valence-electron chi connectivity index (χ4n) is 7.43. The van der Waals surface area contributed by atoms with Crippen LogP contribution in [0.4, 0.5) is 0 Å². The molecular formula is C52H105NO5S5. The van der Waals surface area contributed by atoms with Crippen molar-refractivity contribution in [1.82, 2.24) is 5.32 Å². The molecule has 8 saturated heterocycles. The van der Waals surface area contributed by atoms with E-state index < -0.39 is 0 Å². The summed E-state index contributed by atoms with van der Waals surface area (Å²) in [6.45, 7) is 11.7. The van der Waals surface area contributed by atoms with Crippen molar-refractivity contribution in [2.45, 2.75) is 193 Å². The molecule has 0 atom stereocenters. The van der Waals surface area contributed by atoms with Gasteiger partial charge in [0.1, 0.15) is 0 Å². The van der Waals surface area contributed by atoms with Crippen LogP contribution in [0, 0.1) is 0 Å². The molecule has 0 unspecified atom stereocenters. The van der Waals surface area contributed by atoms with Crippen LogP contribution >= 0.6 is 58.8 Å². The molecule has 63 heavy (non-hydrogen) atoms. The van der Waals surface area contributed by atoms with Crippen molar-refractivity contribution in [3.63, 3.8) is 0 Å². The quantitative estimate of drug-likeness (QED) is 0.236. The summed E-state index contributed by atoms with van der Waals surface area (Å²) in [5, 5.41) is 3.35. The predicted molar refractivity (Wildman–Crippen MR) is 292 cm³/mol. The molecule has 9 aliphatic rings. The summed E-state index contributed by atoms with van der Waals surface area (Å²) >= 11 is 10.4. The van der Waals surface area contributed by atoms with E-state index in [0.717, 1.165) is 72.5 Å². The van der Waals surface area contributed by atoms with Crippen molar-refractivity contribution < 1.29 is 23.7 Å². The first-order valence-corrected chi connectivity index (χ1v) is 32.8. The van der Waals surface area contributed by atoms with Crippen LogP contribution in [-0.4, -0.2) is 137 Å². The molecule has 0 amide bonds. The molecule has 1 saturated carbocycles. The first kappa shape index (κ1) is 62.5. The Balaban J connectivity index is 0.000000354. The van der Waals surface area contributed by atoms with Gasteiger partial charge >= 0.3 is 0 Å². The van der Waals surface area contributed by atoms with Gasteiger partial charge in [-0.2, -0.15) is 58.8 Å². The molecule has 6 nitrogen and oxygen atoms in total. The molecule has 1 N–H and O–H groups in total. The maximum atomic E-state index is 5.19. The number of ether oxygens (including phenoxy) is 5. The third-order valence-electron chi connectivity index (χ3n) is 11.4. The SMILES string of the molecule is C1CCCCCC1.C1CCCNCC1.C1CCCOCC1.C1CCCOCC1.C1CCCSCC1.C1CCCSCC1.C1COCCOC1.C1COCCSC1.C1CSCCSC1. The molecule has 8 aliphatic heterocycles. The number of rotatable bonds is 0. The first-order chi connectivity index (χ1) is 31.5. The lowest BCUT2D eigenvalue weighted by molar-refractivity contribution is 0.103. The van der Waals surface area contributed by atoms with E-state index in [0.29, 0.717) is 0 Å². The largest absolute Gasteiger partial charge is 0.381 e. The smallest absolute Gasteiger partial charge is 0.0700 e. The Morgan fingerprint density at radius 2 is 0.444 bits per heavy atom. The summed E-state index contributed by atoms with van der Waals surface area (Å²) in [6.07, 6.45) is 42.3. The second kappa shape index (κ2) is 59.6. The van der Waals surface area contributed by atoms with Crippen LogP contribution in [0.2, 0.25) is 0 Å². The van der Waals surface area contributed by atoms with Crippen LogP contribution in [0.3, 0.4) is 0 Å². The Kier molecular flexibility index (Phi) is 59.2. The monoisotopic (exact) mass is 984 g/mol. The third kappa shape index (κ3) is 57.7. The molecule has 8 heterocycles. The van der Waals surface area contributed by atoms with E-state index in [9.17, 15) is 0 Å². The van der Waals surface area contributed by atoms with Gasteiger partial charge in [-0.1, -0.05) is 109 Å². The number of thioether (sulfide) groups is 5. The molecule has 0 bridgehead atoms. The van der Waals surface area contributed by atoms with Crippen molar-refractivity contribution in [1.29, 1.82) is 0 Å². The van der Waals surface area contributed by atoms with E-state index >= 15 is 0 Å². The zero-order valence-corrected chi connectivity index (χ0v) is 45.4. The Morgan fingerprint density at radius 3 is 0.889 bits per heavy atom. The second-order valence-electron chi connectivity index (χ2n) is 17.5. The highest BCUT2D eigenvalue weighted by molar-refractivity contribution is 8.03. The van der Waals surface area contributed by atoms with E-state index in [1.165, 1.54) is 257 Å². The molecule has 0 radical (unpaired) electrons. The molecule has 9 fully saturated rings. The van der Waals surface area contributed by atoms with Crippen LogP contribution in [0.15, 0.2) is 0 Å². The standard InChI is InChI=1S/C7H14.C6H13N.2C6H12O.2C6H12S.C5H10O2.C5H10OS.C5H10S2/c6*1-2-4-6-7-5-3-1;1-2-6-4-5-7-3-1;1-2-6-3-5-7-4-1;1-2-6-4-5-7-3-1/h1-7H2;7H,1-6H2;4*1-6H2;3*1-5H2. The van der Waals surface area contributed by atoms with Gasteiger partial charge in [-0.25, -0.2) is 0 Å². The molecule has 1 aliphatic carbocycles. The average Bonchev–Trinajstić information content (AvgIpc) is 4.15.